The van der Waals surface area contributed by atoms with E-state index in [4.69, 9.17) is 9.31 Å². The lowest BCUT2D eigenvalue weighted by atomic mass is 9.73. The smallest absolute Gasteiger partial charge is 0.497 e. The maximum Gasteiger partial charge on any atom is 0.625 e. The molecule has 21 heavy (non-hydrogen) atoms. The van der Waals surface area contributed by atoms with Crippen molar-refractivity contribution in [3.63, 3.8) is 0 Å². The first-order valence-electron chi connectivity index (χ1n) is 6.75. The van der Waals surface area contributed by atoms with E-state index < -0.39 is 25.0 Å². The summed E-state index contributed by atoms with van der Waals surface area (Å²) >= 11 is 0. The van der Waals surface area contributed by atoms with E-state index in [0.29, 0.717) is 6.42 Å². The number of hydrogen-bond donors (Lipinski definition) is 0. The number of aromatic nitrogens is 4. The number of rotatable bonds is 4. The number of carbonyl (C=O) groups excluding carboxylic acids is 2. The van der Waals surface area contributed by atoms with Crippen LogP contribution in [0.4, 0.5) is 0 Å². The molecule has 0 aromatic carbocycles. The van der Waals surface area contributed by atoms with Gasteiger partial charge in [-0.25, -0.2) is 4.68 Å². The maximum atomic E-state index is 11.8. The Labute approximate surface area is 122 Å². The van der Waals surface area contributed by atoms with E-state index in [1.807, 2.05) is 13.8 Å². The molecule has 1 aromatic rings. The fourth-order valence-corrected chi connectivity index (χ4v) is 2.16. The summed E-state index contributed by atoms with van der Waals surface area (Å²) in [6, 6.07) is 0. The van der Waals surface area contributed by atoms with Crippen molar-refractivity contribution < 1.29 is 18.9 Å². The molecule has 0 radical (unpaired) electrons. The van der Waals surface area contributed by atoms with Crippen LogP contribution in [0.1, 0.15) is 26.2 Å². The summed E-state index contributed by atoms with van der Waals surface area (Å²) in [5.41, 5.74) is 0. The third-order valence-electron chi connectivity index (χ3n) is 3.02. The first-order valence-corrected chi connectivity index (χ1v) is 6.75. The second kappa shape index (κ2) is 6.66. The Hall–Kier alpha value is -1.97. The zero-order chi connectivity index (χ0) is 15.4. The van der Waals surface area contributed by atoms with Crippen LogP contribution in [0.2, 0.25) is 0 Å². The fraction of sp³-hybridized carbons (Fsp3) is 0.727. The van der Waals surface area contributed by atoms with Gasteiger partial charge in [0.15, 0.2) is 0 Å². The summed E-state index contributed by atoms with van der Waals surface area (Å²) in [5.74, 6) is -1.06. The van der Waals surface area contributed by atoms with E-state index in [-0.39, 0.29) is 19.0 Å². The van der Waals surface area contributed by atoms with Gasteiger partial charge in [-0.3, -0.25) is 14.5 Å². The molecule has 0 amide bonds. The molecule has 1 atom stereocenters. The first kappa shape index (κ1) is 15.4. The Kier molecular flexibility index (Phi) is 4.89. The Bertz CT molecular complexity index is 475. The van der Waals surface area contributed by atoms with Gasteiger partial charge in [-0.2, -0.15) is 0 Å². The van der Waals surface area contributed by atoms with Gasteiger partial charge in [0, 0.05) is 0 Å². The normalized spacial score (nSPS) is 19.0. The van der Waals surface area contributed by atoms with Crippen LogP contribution in [0.5, 0.6) is 0 Å². The molecular formula is C11H18BN5O4. The van der Waals surface area contributed by atoms with Crippen LogP contribution >= 0.6 is 0 Å². The van der Waals surface area contributed by atoms with Crippen LogP contribution in [0, 0.1) is 5.92 Å². The average Bonchev–Trinajstić information content (AvgIpc) is 2.86. The van der Waals surface area contributed by atoms with Crippen LogP contribution in [-0.4, -0.2) is 64.3 Å². The summed E-state index contributed by atoms with van der Waals surface area (Å²) in [6.07, 6.45) is 2.02. The molecule has 2 rings (SSSR count). The molecule has 2 heterocycles. The summed E-state index contributed by atoms with van der Waals surface area (Å²) in [6.45, 7) is 4.10. The highest BCUT2D eigenvalue weighted by molar-refractivity contribution is 6.50. The standard InChI is InChI=1S/C11H18BN5O4/c1-8(2)4-9(17-7-13-14-15-17)12-20-10(18)5-16(3)6-11(19)21-12/h7-9H,4-6H2,1-3H3. The lowest BCUT2D eigenvalue weighted by Crippen LogP contribution is -2.46. The van der Waals surface area contributed by atoms with Gasteiger partial charge in [-0.15, -0.1) is 5.10 Å². The van der Waals surface area contributed by atoms with Crippen LogP contribution in [0.3, 0.4) is 0 Å². The predicted molar refractivity (Wildman–Crippen MR) is 71.7 cm³/mol. The summed E-state index contributed by atoms with van der Waals surface area (Å²) in [4.78, 5) is 25.2. The second-order valence-corrected chi connectivity index (χ2v) is 5.51. The zero-order valence-electron chi connectivity index (χ0n) is 12.3. The van der Waals surface area contributed by atoms with E-state index in [1.54, 1.807) is 7.05 Å². The molecule has 1 fully saturated rings. The Morgan fingerprint density at radius 3 is 2.38 bits per heavy atom. The van der Waals surface area contributed by atoms with Crippen molar-refractivity contribution in [3.05, 3.63) is 6.33 Å². The lowest BCUT2D eigenvalue weighted by molar-refractivity contribution is -0.146. The Morgan fingerprint density at radius 2 is 1.90 bits per heavy atom. The second-order valence-electron chi connectivity index (χ2n) is 5.51. The molecule has 10 heteroatoms. The first-order chi connectivity index (χ1) is 9.95. The molecule has 0 bridgehead atoms. The minimum atomic E-state index is -1.02. The van der Waals surface area contributed by atoms with Crippen molar-refractivity contribution in [3.8, 4) is 0 Å². The zero-order valence-corrected chi connectivity index (χ0v) is 12.3. The molecular weight excluding hydrogens is 277 g/mol. The van der Waals surface area contributed by atoms with E-state index in [1.165, 1.54) is 15.9 Å². The van der Waals surface area contributed by atoms with Crippen molar-refractivity contribution in [1.82, 2.24) is 25.1 Å². The molecule has 1 aliphatic heterocycles. The number of nitrogens with zero attached hydrogens (tertiary/aromatic N) is 5. The lowest BCUT2D eigenvalue weighted by Gasteiger charge is -2.27. The minimum absolute atomic E-state index is 0.0373. The molecule has 1 aliphatic rings. The highest BCUT2D eigenvalue weighted by Crippen LogP contribution is 2.21. The van der Waals surface area contributed by atoms with Crippen LogP contribution in [0.25, 0.3) is 0 Å². The molecule has 9 nitrogen and oxygen atoms in total. The van der Waals surface area contributed by atoms with E-state index in [2.05, 4.69) is 15.5 Å². The highest BCUT2D eigenvalue weighted by Gasteiger charge is 2.41. The largest absolute Gasteiger partial charge is 0.625 e. The van der Waals surface area contributed by atoms with Crippen molar-refractivity contribution in [2.24, 2.45) is 5.92 Å². The van der Waals surface area contributed by atoms with Gasteiger partial charge in [0.1, 0.15) is 12.3 Å². The number of likely N-dealkylation sites (N-methyl/N-ethyl adjacent to an activating group) is 1. The van der Waals surface area contributed by atoms with Crippen molar-refractivity contribution >= 4 is 19.1 Å². The monoisotopic (exact) mass is 295 g/mol. The fourth-order valence-electron chi connectivity index (χ4n) is 2.16. The number of hydrogen-bond acceptors (Lipinski definition) is 8. The van der Waals surface area contributed by atoms with Crippen molar-refractivity contribution in [2.75, 3.05) is 20.1 Å². The van der Waals surface area contributed by atoms with Gasteiger partial charge in [-0.05, 0) is 29.8 Å². The van der Waals surface area contributed by atoms with Crippen LogP contribution in [-0.2, 0) is 18.9 Å². The average molecular weight is 295 g/mol. The third kappa shape index (κ3) is 4.25. The van der Waals surface area contributed by atoms with Gasteiger partial charge in [0.25, 0.3) is 0 Å². The third-order valence-corrected chi connectivity index (χ3v) is 3.02. The molecule has 0 saturated carbocycles. The number of carbonyl (C=O) groups is 2. The molecule has 1 aromatic heterocycles. The molecule has 0 aliphatic carbocycles. The molecule has 1 saturated heterocycles. The van der Waals surface area contributed by atoms with Crippen molar-refractivity contribution in [2.45, 2.75) is 26.2 Å². The molecule has 0 spiro atoms. The van der Waals surface area contributed by atoms with Crippen LogP contribution < -0.4 is 0 Å². The highest BCUT2D eigenvalue weighted by atomic mass is 16.6. The Balaban J connectivity index is 2.20. The molecule has 114 valence electrons. The van der Waals surface area contributed by atoms with Gasteiger partial charge in [0.05, 0.1) is 13.1 Å². The molecule has 0 N–H and O–H groups in total. The maximum absolute atomic E-state index is 11.8. The SMILES string of the molecule is CC(C)CC(B1OC(=O)CN(C)CC(=O)O1)n1cnnn1. The van der Waals surface area contributed by atoms with Gasteiger partial charge < -0.3 is 9.31 Å². The van der Waals surface area contributed by atoms with Crippen LogP contribution in [0.15, 0.2) is 6.33 Å². The Morgan fingerprint density at radius 1 is 1.29 bits per heavy atom. The van der Waals surface area contributed by atoms with E-state index >= 15 is 0 Å². The number of tetrazole rings is 1. The summed E-state index contributed by atoms with van der Waals surface area (Å²) in [7, 11) is 0.625. The van der Waals surface area contributed by atoms with E-state index in [9.17, 15) is 9.59 Å². The van der Waals surface area contributed by atoms with Gasteiger partial charge >= 0.3 is 19.1 Å². The van der Waals surface area contributed by atoms with E-state index in [0.717, 1.165) is 0 Å². The quantitative estimate of drug-likeness (QED) is 0.674. The van der Waals surface area contributed by atoms with Gasteiger partial charge in [-0.1, -0.05) is 13.8 Å². The summed E-state index contributed by atoms with van der Waals surface area (Å²) < 4.78 is 12.0. The molecule has 1 unspecified atom stereocenters. The van der Waals surface area contributed by atoms with Gasteiger partial charge in [0.2, 0.25) is 0 Å². The van der Waals surface area contributed by atoms with Crippen molar-refractivity contribution in [1.29, 1.82) is 0 Å². The summed E-state index contributed by atoms with van der Waals surface area (Å²) in [5, 5.41) is 11.0. The minimum Gasteiger partial charge on any atom is -0.497 e. The topological polar surface area (TPSA) is 99.4 Å². The predicted octanol–water partition coefficient (Wildman–Crippen LogP) is -0.680.